The molecule has 0 aromatic carbocycles. The van der Waals surface area contributed by atoms with Crippen LogP contribution in [0.2, 0.25) is 0 Å². The number of unbranched alkanes of at least 4 members (excludes halogenated alkanes) is 16. The second-order valence-corrected chi connectivity index (χ2v) is 9.89. The molecule has 0 fully saturated rings. The van der Waals surface area contributed by atoms with Gasteiger partial charge in [0.25, 0.3) is 0 Å². The van der Waals surface area contributed by atoms with E-state index in [4.69, 9.17) is 0 Å². The van der Waals surface area contributed by atoms with Crippen LogP contribution in [0.3, 0.4) is 0 Å². The van der Waals surface area contributed by atoms with Crippen LogP contribution in [0.5, 0.6) is 0 Å². The molecule has 0 saturated heterocycles. The lowest BCUT2D eigenvalue weighted by atomic mass is 10.1. The summed E-state index contributed by atoms with van der Waals surface area (Å²) < 4.78 is 1.45. The van der Waals surface area contributed by atoms with Crippen LogP contribution in [-0.2, 0) is 0 Å². The van der Waals surface area contributed by atoms with E-state index in [9.17, 15) is 0 Å². The number of hydrogen-bond donors (Lipinski definition) is 0. The number of nitrogens with zero attached hydrogens (tertiary/aromatic N) is 1. The van der Waals surface area contributed by atoms with Gasteiger partial charge in [0.05, 0.1) is 26.2 Å². The molecule has 0 amide bonds. The Hall–Kier alpha value is 0.250. The molecule has 0 unspecified atom stereocenters. The minimum absolute atomic E-state index is 0. The van der Waals surface area contributed by atoms with Gasteiger partial charge in [-0.2, -0.15) is 0 Å². The van der Waals surface area contributed by atoms with E-state index in [0.29, 0.717) is 0 Å². The van der Waals surface area contributed by atoms with Gasteiger partial charge in [-0.25, -0.2) is 0 Å². The molecule has 0 aromatic heterocycles. The molecule has 1 nitrogen and oxygen atoms in total. The van der Waals surface area contributed by atoms with Crippen LogP contribution in [0, 0.1) is 0 Å². The zero-order valence-corrected chi connectivity index (χ0v) is 22.6. The van der Waals surface area contributed by atoms with Crippen molar-refractivity contribution in [3.05, 3.63) is 0 Å². The molecular formula is C28H60ClN. The zero-order chi connectivity index (χ0) is 21.5. The molecule has 0 bridgehead atoms. The van der Waals surface area contributed by atoms with Gasteiger partial charge in [0.15, 0.2) is 0 Å². The fourth-order valence-corrected chi connectivity index (χ4v) is 4.82. The Balaban J connectivity index is 0. The first-order valence-corrected chi connectivity index (χ1v) is 14.1. The standard InChI is InChI=1S/C28H60N.ClH/c1-5-9-13-15-17-19-21-23-27-29(25-11-7-3,26-12-8-4)28-24-22-20-18-16-14-10-6-2;/h5-28H2,1-4H3;1H/q+1;/p-1. The van der Waals surface area contributed by atoms with Gasteiger partial charge in [-0.1, -0.05) is 118 Å². The summed E-state index contributed by atoms with van der Waals surface area (Å²) in [4.78, 5) is 0. The topological polar surface area (TPSA) is 0 Å². The molecule has 0 saturated carbocycles. The molecule has 0 atom stereocenters. The molecule has 0 rings (SSSR count). The van der Waals surface area contributed by atoms with Crippen LogP contribution >= 0.6 is 0 Å². The number of hydrogen-bond acceptors (Lipinski definition) is 0. The molecule has 0 spiro atoms. The van der Waals surface area contributed by atoms with Gasteiger partial charge in [0.1, 0.15) is 0 Å². The van der Waals surface area contributed by atoms with Crippen molar-refractivity contribution < 1.29 is 16.9 Å². The molecular weight excluding hydrogens is 386 g/mol. The third kappa shape index (κ3) is 20.2. The van der Waals surface area contributed by atoms with Crippen molar-refractivity contribution in [3.8, 4) is 0 Å². The van der Waals surface area contributed by atoms with E-state index in [1.54, 1.807) is 0 Å². The molecule has 184 valence electrons. The van der Waals surface area contributed by atoms with E-state index in [0.717, 1.165) is 0 Å². The average Bonchev–Trinajstić information content (AvgIpc) is 2.74. The smallest absolute Gasteiger partial charge is 0.0786 e. The Morgan fingerprint density at radius 3 is 0.833 bits per heavy atom. The van der Waals surface area contributed by atoms with Gasteiger partial charge in [-0.3, -0.25) is 0 Å². The minimum Gasteiger partial charge on any atom is -1.00 e. The van der Waals surface area contributed by atoms with Crippen molar-refractivity contribution in [3.63, 3.8) is 0 Å². The Morgan fingerprint density at radius 2 is 0.533 bits per heavy atom. The first-order chi connectivity index (χ1) is 14.2. The lowest BCUT2D eigenvalue weighted by Crippen LogP contribution is -3.00. The summed E-state index contributed by atoms with van der Waals surface area (Å²) in [7, 11) is 0. The molecule has 2 heteroatoms. The van der Waals surface area contributed by atoms with E-state index in [1.165, 1.54) is 159 Å². The maximum atomic E-state index is 2.38. The van der Waals surface area contributed by atoms with Crippen LogP contribution in [0.1, 0.15) is 156 Å². The van der Waals surface area contributed by atoms with Gasteiger partial charge < -0.3 is 16.9 Å². The van der Waals surface area contributed by atoms with Gasteiger partial charge in [-0.05, 0) is 38.5 Å². The van der Waals surface area contributed by atoms with E-state index in [1.807, 2.05) is 0 Å². The molecule has 0 N–H and O–H groups in total. The van der Waals surface area contributed by atoms with Crippen molar-refractivity contribution in [1.29, 1.82) is 0 Å². The normalized spacial score (nSPS) is 11.6. The lowest BCUT2D eigenvalue weighted by molar-refractivity contribution is -0.929. The predicted molar refractivity (Wildman–Crippen MR) is 135 cm³/mol. The summed E-state index contributed by atoms with van der Waals surface area (Å²) in [5.41, 5.74) is 0. The van der Waals surface area contributed by atoms with E-state index in [-0.39, 0.29) is 12.4 Å². The third-order valence-electron chi connectivity index (χ3n) is 6.94. The van der Waals surface area contributed by atoms with Crippen LogP contribution in [-0.4, -0.2) is 30.7 Å². The first kappa shape index (κ1) is 32.4. The Labute approximate surface area is 199 Å². The minimum atomic E-state index is 0. The van der Waals surface area contributed by atoms with Crippen LogP contribution in [0.15, 0.2) is 0 Å². The maximum Gasteiger partial charge on any atom is 0.0786 e. The monoisotopic (exact) mass is 445 g/mol. The highest BCUT2D eigenvalue weighted by Crippen LogP contribution is 2.19. The van der Waals surface area contributed by atoms with Gasteiger partial charge in [-0.15, -0.1) is 0 Å². The maximum absolute atomic E-state index is 2.38. The third-order valence-corrected chi connectivity index (χ3v) is 6.94. The van der Waals surface area contributed by atoms with Gasteiger partial charge in [0, 0.05) is 0 Å². The molecule has 30 heavy (non-hydrogen) atoms. The van der Waals surface area contributed by atoms with Crippen molar-refractivity contribution in [1.82, 2.24) is 0 Å². The zero-order valence-electron chi connectivity index (χ0n) is 21.8. The second kappa shape index (κ2) is 25.5. The first-order valence-electron chi connectivity index (χ1n) is 14.1. The number of quaternary nitrogens is 1. The second-order valence-electron chi connectivity index (χ2n) is 9.89. The van der Waals surface area contributed by atoms with E-state index < -0.39 is 0 Å². The summed E-state index contributed by atoms with van der Waals surface area (Å²) in [6.45, 7) is 15.2. The SMILES string of the molecule is CCCCCCCCCC[N+](CCCC)(CCCC)CCCCCCCCCC.[Cl-]. The summed E-state index contributed by atoms with van der Waals surface area (Å²) in [5, 5.41) is 0. The quantitative estimate of drug-likeness (QED) is 0.115. The summed E-state index contributed by atoms with van der Waals surface area (Å²) in [6, 6.07) is 0. The van der Waals surface area contributed by atoms with Crippen molar-refractivity contribution in [2.75, 3.05) is 26.2 Å². The fourth-order valence-electron chi connectivity index (χ4n) is 4.82. The Morgan fingerprint density at radius 1 is 0.300 bits per heavy atom. The van der Waals surface area contributed by atoms with Gasteiger partial charge in [0.2, 0.25) is 0 Å². The van der Waals surface area contributed by atoms with E-state index >= 15 is 0 Å². The van der Waals surface area contributed by atoms with E-state index in [2.05, 4.69) is 27.7 Å². The number of halogens is 1. The van der Waals surface area contributed by atoms with Crippen molar-refractivity contribution in [2.45, 2.75) is 156 Å². The van der Waals surface area contributed by atoms with Crippen LogP contribution in [0.4, 0.5) is 0 Å². The molecule has 0 heterocycles. The molecule has 0 radical (unpaired) electrons. The lowest BCUT2D eigenvalue weighted by Gasteiger charge is -2.39. The van der Waals surface area contributed by atoms with Crippen LogP contribution in [0.25, 0.3) is 0 Å². The molecule has 0 aliphatic rings. The molecule has 0 aliphatic heterocycles. The summed E-state index contributed by atoms with van der Waals surface area (Å²) >= 11 is 0. The largest absolute Gasteiger partial charge is 1.00 e. The highest BCUT2D eigenvalue weighted by atomic mass is 35.5. The van der Waals surface area contributed by atoms with Gasteiger partial charge >= 0.3 is 0 Å². The predicted octanol–water partition coefficient (Wildman–Crippen LogP) is 6.69. The Bertz CT molecular complexity index is 275. The number of rotatable bonds is 24. The highest BCUT2D eigenvalue weighted by molar-refractivity contribution is 4.53. The summed E-state index contributed by atoms with van der Waals surface area (Å²) in [5.74, 6) is 0. The van der Waals surface area contributed by atoms with Crippen molar-refractivity contribution >= 4 is 0 Å². The van der Waals surface area contributed by atoms with Crippen molar-refractivity contribution in [2.24, 2.45) is 0 Å². The Kier molecular flexibility index (Phi) is 27.6. The fraction of sp³-hybridized carbons (Fsp3) is 1.00. The summed E-state index contributed by atoms with van der Waals surface area (Å²) in [6.07, 6.45) is 28.8. The molecule has 0 aliphatic carbocycles. The average molecular weight is 446 g/mol. The highest BCUT2D eigenvalue weighted by Gasteiger charge is 2.25. The van der Waals surface area contributed by atoms with Crippen LogP contribution < -0.4 is 12.4 Å². The molecule has 0 aromatic rings.